The van der Waals surface area contributed by atoms with Crippen LogP contribution in [0.2, 0.25) is 0 Å². The van der Waals surface area contributed by atoms with Crippen molar-refractivity contribution in [1.82, 2.24) is 4.90 Å². The van der Waals surface area contributed by atoms with Gasteiger partial charge in [0.2, 0.25) is 0 Å². The Kier molecular flexibility index (Phi) is 3.70. The molecule has 0 saturated heterocycles. The van der Waals surface area contributed by atoms with Gasteiger partial charge in [-0.1, -0.05) is 6.92 Å². The average Bonchev–Trinajstić information content (AvgIpc) is 3.46. The summed E-state index contributed by atoms with van der Waals surface area (Å²) in [4.78, 5) is 14.9. The van der Waals surface area contributed by atoms with Gasteiger partial charge in [0.05, 0.1) is 18.7 Å². The number of carbonyl (C=O) groups is 1. The number of hydrogen-bond donors (Lipinski definition) is 0. The summed E-state index contributed by atoms with van der Waals surface area (Å²) in [5, 5.41) is 0. The van der Waals surface area contributed by atoms with E-state index in [1.54, 1.807) is 0 Å². The number of allylic oxidation sites excluding steroid dienone is 1. The Morgan fingerprint density at radius 3 is 2.78 bits per heavy atom. The second-order valence-electron chi connectivity index (χ2n) is 7.27. The predicted molar refractivity (Wildman–Crippen MR) is 86.7 cm³/mol. The number of rotatable bonds is 5. The van der Waals surface area contributed by atoms with E-state index in [0.29, 0.717) is 18.5 Å². The van der Waals surface area contributed by atoms with Crippen LogP contribution in [0.1, 0.15) is 63.4 Å². The van der Waals surface area contributed by atoms with Crippen molar-refractivity contribution in [3.8, 4) is 0 Å². The minimum absolute atomic E-state index is 0.141. The maximum Gasteiger partial charge on any atom is 0.253 e. The van der Waals surface area contributed by atoms with Crippen LogP contribution in [0.25, 0.3) is 0 Å². The van der Waals surface area contributed by atoms with Gasteiger partial charge in [0, 0.05) is 12.0 Å². The second kappa shape index (κ2) is 5.73. The zero-order chi connectivity index (χ0) is 16.0. The summed E-state index contributed by atoms with van der Waals surface area (Å²) in [5.74, 6) is 4.27. The summed E-state index contributed by atoms with van der Waals surface area (Å²) in [6.07, 6.45) is 5.19. The van der Waals surface area contributed by atoms with Crippen molar-refractivity contribution >= 4 is 5.91 Å². The van der Waals surface area contributed by atoms with Gasteiger partial charge in [0.15, 0.2) is 0 Å². The molecule has 2 atom stereocenters. The minimum atomic E-state index is 0.141. The van der Waals surface area contributed by atoms with E-state index in [2.05, 4.69) is 13.0 Å². The van der Waals surface area contributed by atoms with Gasteiger partial charge in [0.1, 0.15) is 17.3 Å². The van der Waals surface area contributed by atoms with Crippen LogP contribution in [0.4, 0.5) is 0 Å². The lowest BCUT2D eigenvalue weighted by molar-refractivity contribution is -0.129. The molecule has 0 aromatic carbocycles. The topological polar surface area (TPSA) is 42.7 Å². The van der Waals surface area contributed by atoms with Crippen LogP contribution in [0, 0.1) is 5.92 Å². The molecule has 1 amide bonds. The lowest BCUT2D eigenvalue weighted by atomic mass is 10.1. The monoisotopic (exact) mass is 315 g/mol. The summed E-state index contributed by atoms with van der Waals surface area (Å²) in [7, 11) is 0. The Balaban J connectivity index is 1.50. The highest BCUT2D eigenvalue weighted by Crippen LogP contribution is 2.47. The molecule has 2 fully saturated rings. The molecule has 1 aliphatic heterocycles. The van der Waals surface area contributed by atoms with Crippen LogP contribution < -0.4 is 0 Å². The molecule has 23 heavy (non-hydrogen) atoms. The molecule has 0 spiro atoms. The van der Waals surface area contributed by atoms with Gasteiger partial charge < -0.3 is 14.1 Å². The van der Waals surface area contributed by atoms with Crippen molar-refractivity contribution in [1.29, 1.82) is 0 Å². The van der Waals surface area contributed by atoms with Gasteiger partial charge in [-0.2, -0.15) is 0 Å². The number of nitrogens with zero attached hydrogens (tertiary/aromatic N) is 1. The highest BCUT2D eigenvalue weighted by molar-refractivity contribution is 5.94. The molecule has 1 aromatic rings. The molecule has 4 heteroatoms. The Morgan fingerprint density at radius 1 is 1.35 bits per heavy atom. The quantitative estimate of drug-likeness (QED) is 0.825. The SMILES string of the molecule is CC1=C(C(=O)N(Cc2ccc(C3CC3C)o2)C2CC2)CCCO1. The molecule has 1 aromatic heterocycles. The minimum Gasteiger partial charge on any atom is -0.498 e. The van der Waals surface area contributed by atoms with Crippen molar-refractivity contribution in [3.63, 3.8) is 0 Å². The summed E-state index contributed by atoms with van der Waals surface area (Å²) >= 11 is 0. The van der Waals surface area contributed by atoms with Crippen LogP contribution in [-0.2, 0) is 16.1 Å². The largest absolute Gasteiger partial charge is 0.498 e. The first-order valence-corrected chi connectivity index (χ1v) is 8.85. The normalized spacial score (nSPS) is 26.9. The third-order valence-corrected chi connectivity index (χ3v) is 5.30. The van der Waals surface area contributed by atoms with E-state index in [1.807, 2.05) is 17.9 Å². The smallest absolute Gasteiger partial charge is 0.253 e. The van der Waals surface area contributed by atoms with Gasteiger partial charge in [0.25, 0.3) is 5.91 Å². The highest BCUT2D eigenvalue weighted by Gasteiger charge is 2.38. The Bertz CT molecular complexity index is 641. The molecule has 2 saturated carbocycles. The highest BCUT2D eigenvalue weighted by atomic mass is 16.5. The lowest BCUT2D eigenvalue weighted by Crippen LogP contribution is -2.35. The molecule has 2 heterocycles. The first-order chi connectivity index (χ1) is 11.1. The molecule has 0 bridgehead atoms. The summed E-state index contributed by atoms with van der Waals surface area (Å²) in [6, 6.07) is 4.51. The van der Waals surface area contributed by atoms with Crippen molar-refractivity contribution < 1.29 is 13.9 Å². The summed E-state index contributed by atoms with van der Waals surface area (Å²) < 4.78 is 11.6. The zero-order valence-electron chi connectivity index (χ0n) is 14.0. The molecular formula is C19H25NO3. The molecule has 124 valence electrons. The summed E-state index contributed by atoms with van der Waals surface area (Å²) in [5.41, 5.74) is 0.853. The number of ether oxygens (including phenoxy) is 1. The lowest BCUT2D eigenvalue weighted by Gasteiger charge is -2.26. The summed E-state index contributed by atoms with van der Waals surface area (Å²) in [6.45, 7) is 5.48. The fourth-order valence-corrected chi connectivity index (χ4v) is 3.49. The van der Waals surface area contributed by atoms with Gasteiger partial charge >= 0.3 is 0 Å². The number of hydrogen-bond acceptors (Lipinski definition) is 3. The Hall–Kier alpha value is -1.71. The second-order valence-corrected chi connectivity index (χ2v) is 7.27. The average molecular weight is 315 g/mol. The molecule has 0 N–H and O–H groups in total. The van der Waals surface area contributed by atoms with E-state index < -0.39 is 0 Å². The molecule has 4 nitrogen and oxygen atoms in total. The maximum atomic E-state index is 12.9. The van der Waals surface area contributed by atoms with E-state index in [-0.39, 0.29) is 5.91 Å². The maximum absolute atomic E-state index is 12.9. The van der Waals surface area contributed by atoms with Crippen LogP contribution in [0.15, 0.2) is 27.9 Å². The van der Waals surface area contributed by atoms with Gasteiger partial charge in [-0.3, -0.25) is 4.79 Å². The number of carbonyl (C=O) groups excluding carboxylic acids is 1. The van der Waals surface area contributed by atoms with Crippen molar-refractivity contribution in [3.05, 3.63) is 35.0 Å². The van der Waals surface area contributed by atoms with E-state index in [9.17, 15) is 4.79 Å². The third kappa shape index (κ3) is 3.04. The fraction of sp³-hybridized carbons (Fsp3) is 0.632. The van der Waals surface area contributed by atoms with Crippen LogP contribution >= 0.6 is 0 Å². The van der Waals surface area contributed by atoms with Gasteiger partial charge in [-0.05, 0) is 57.1 Å². The number of amides is 1. The fourth-order valence-electron chi connectivity index (χ4n) is 3.49. The third-order valence-electron chi connectivity index (χ3n) is 5.30. The Morgan fingerprint density at radius 2 is 2.13 bits per heavy atom. The van der Waals surface area contributed by atoms with Crippen LogP contribution in [0.5, 0.6) is 0 Å². The number of furan rings is 1. The predicted octanol–water partition coefficient (Wildman–Crippen LogP) is 3.98. The van der Waals surface area contributed by atoms with E-state index in [1.165, 1.54) is 6.42 Å². The zero-order valence-corrected chi connectivity index (χ0v) is 14.0. The van der Waals surface area contributed by atoms with Gasteiger partial charge in [-0.25, -0.2) is 0 Å². The van der Waals surface area contributed by atoms with Crippen LogP contribution in [-0.4, -0.2) is 23.5 Å². The van der Waals surface area contributed by atoms with E-state index in [0.717, 1.165) is 61.1 Å². The first kappa shape index (κ1) is 14.9. The van der Waals surface area contributed by atoms with Crippen LogP contribution in [0.3, 0.4) is 0 Å². The van der Waals surface area contributed by atoms with Crippen molar-refractivity contribution in [2.75, 3.05) is 6.61 Å². The first-order valence-electron chi connectivity index (χ1n) is 8.85. The molecule has 4 rings (SSSR count). The molecular weight excluding hydrogens is 290 g/mol. The van der Waals surface area contributed by atoms with E-state index >= 15 is 0 Å². The Labute approximate surface area is 137 Å². The molecule has 2 unspecified atom stereocenters. The molecule has 2 aliphatic carbocycles. The molecule has 0 radical (unpaired) electrons. The van der Waals surface area contributed by atoms with E-state index in [4.69, 9.17) is 9.15 Å². The van der Waals surface area contributed by atoms with Crippen molar-refractivity contribution in [2.24, 2.45) is 5.92 Å². The standard InChI is InChI=1S/C19H25NO3/c1-12-10-17(12)18-8-7-15(23-18)11-20(14-5-6-14)19(21)16-4-3-9-22-13(16)2/h7-8,12,14,17H,3-6,9-11H2,1-2H3. The van der Waals surface area contributed by atoms with Gasteiger partial charge in [-0.15, -0.1) is 0 Å². The molecule has 3 aliphatic rings. The van der Waals surface area contributed by atoms with Crippen molar-refractivity contribution in [2.45, 2.75) is 64.5 Å².